The Kier molecular flexibility index (Phi) is 6.15. The first-order valence-corrected chi connectivity index (χ1v) is 11.4. The average molecular weight is 406 g/mol. The zero-order valence-corrected chi connectivity index (χ0v) is 17.6. The minimum absolute atomic E-state index is 0.105. The number of carbonyl (C=O) groups excluding carboxylic acids is 3. The Hall–Kier alpha value is -1.99. The van der Waals surface area contributed by atoms with E-state index < -0.39 is 0 Å². The van der Waals surface area contributed by atoms with Gasteiger partial charge in [-0.05, 0) is 50.4 Å². The first kappa shape index (κ1) is 20.3. The summed E-state index contributed by atoms with van der Waals surface area (Å²) in [5.74, 6) is 1.16. The van der Waals surface area contributed by atoms with Crippen molar-refractivity contribution in [2.75, 3.05) is 39.3 Å². The third-order valence-corrected chi connectivity index (χ3v) is 7.09. The van der Waals surface area contributed by atoms with E-state index in [0.717, 1.165) is 58.2 Å². The molecule has 4 aliphatic rings. The lowest BCUT2D eigenvalue weighted by atomic mass is 9.76. The molecule has 2 N–H and O–H groups in total. The van der Waals surface area contributed by atoms with Crippen molar-refractivity contribution in [2.45, 2.75) is 64.0 Å². The second kappa shape index (κ2) is 8.79. The largest absolute Gasteiger partial charge is 0.339 e. The molecule has 0 radical (unpaired) electrons. The third kappa shape index (κ3) is 4.46. The Bertz CT molecular complexity index is 634. The fourth-order valence-electron chi connectivity index (χ4n) is 5.66. The molecule has 0 spiro atoms. The summed E-state index contributed by atoms with van der Waals surface area (Å²) in [5.41, 5.74) is 0. The van der Waals surface area contributed by atoms with Gasteiger partial charge in [0.15, 0.2) is 0 Å². The van der Waals surface area contributed by atoms with Crippen LogP contribution < -0.4 is 10.6 Å². The summed E-state index contributed by atoms with van der Waals surface area (Å²) in [7, 11) is 0. The number of nitrogens with one attached hydrogen (secondary N) is 2. The number of carbonyl (C=O) groups is 3. The monoisotopic (exact) mass is 405 g/mol. The Morgan fingerprint density at radius 3 is 2.62 bits per heavy atom. The highest BCUT2D eigenvalue weighted by atomic mass is 16.2. The maximum atomic E-state index is 13.2. The number of hydrogen-bond acceptors (Lipinski definition) is 3. The van der Waals surface area contributed by atoms with Crippen LogP contribution in [0.25, 0.3) is 0 Å². The Labute approximate surface area is 173 Å². The number of piperidine rings is 4. The number of amides is 5. The van der Waals surface area contributed by atoms with Crippen molar-refractivity contribution >= 4 is 18.0 Å². The summed E-state index contributed by atoms with van der Waals surface area (Å²) in [4.78, 5) is 43.4. The van der Waals surface area contributed by atoms with Gasteiger partial charge in [0.05, 0.1) is 0 Å². The molecule has 4 saturated heterocycles. The molecule has 29 heavy (non-hydrogen) atoms. The van der Waals surface area contributed by atoms with E-state index in [-0.39, 0.29) is 18.1 Å². The SMILES string of the molecule is CCCNC(=O)NC1CCN(C(=O)N2CC3CC(C2)[C@H]2CCCC(=O)N2C3)CC1. The van der Waals surface area contributed by atoms with Crippen molar-refractivity contribution < 1.29 is 14.4 Å². The number of hydrogen-bond donors (Lipinski definition) is 2. The molecule has 0 aromatic heterocycles. The molecule has 4 aliphatic heterocycles. The number of nitrogens with zero attached hydrogens (tertiary/aromatic N) is 3. The molecule has 0 saturated carbocycles. The highest BCUT2D eigenvalue weighted by Crippen LogP contribution is 2.38. The van der Waals surface area contributed by atoms with E-state index in [2.05, 4.69) is 15.5 Å². The third-order valence-electron chi connectivity index (χ3n) is 7.09. The normalized spacial score (nSPS) is 30.0. The van der Waals surface area contributed by atoms with Gasteiger partial charge in [-0.25, -0.2) is 9.59 Å². The lowest BCUT2D eigenvalue weighted by molar-refractivity contribution is -0.144. The minimum atomic E-state index is -0.105. The highest BCUT2D eigenvalue weighted by molar-refractivity contribution is 5.78. The van der Waals surface area contributed by atoms with Crippen LogP contribution in [0.15, 0.2) is 0 Å². The number of rotatable bonds is 3. The van der Waals surface area contributed by atoms with Gasteiger partial charge >= 0.3 is 12.1 Å². The smallest absolute Gasteiger partial charge is 0.320 e. The van der Waals surface area contributed by atoms with Crippen LogP contribution in [0, 0.1) is 11.8 Å². The molecule has 2 unspecified atom stereocenters. The van der Waals surface area contributed by atoms with Gasteiger partial charge in [-0.2, -0.15) is 0 Å². The summed E-state index contributed by atoms with van der Waals surface area (Å²) >= 11 is 0. The predicted octanol–water partition coefficient (Wildman–Crippen LogP) is 1.61. The molecule has 8 heteroatoms. The quantitative estimate of drug-likeness (QED) is 0.748. The molecule has 5 amide bonds. The van der Waals surface area contributed by atoms with Crippen LogP contribution in [0.4, 0.5) is 9.59 Å². The van der Waals surface area contributed by atoms with E-state index in [9.17, 15) is 14.4 Å². The lowest BCUT2D eigenvalue weighted by Crippen LogP contribution is -2.62. The fraction of sp³-hybridized carbons (Fsp3) is 0.857. The molecule has 4 heterocycles. The van der Waals surface area contributed by atoms with Gasteiger partial charge in [0.2, 0.25) is 5.91 Å². The van der Waals surface area contributed by atoms with Crippen LogP contribution in [0.5, 0.6) is 0 Å². The first-order valence-electron chi connectivity index (χ1n) is 11.4. The summed E-state index contributed by atoms with van der Waals surface area (Å²) in [6.45, 7) is 6.47. The zero-order valence-electron chi connectivity index (χ0n) is 17.6. The van der Waals surface area contributed by atoms with E-state index in [4.69, 9.17) is 0 Å². The van der Waals surface area contributed by atoms with Crippen LogP contribution in [-0.2, 0) is 4.79 Å². The molecule has 2 bridgehead atoms. The fourth-order valence-corrected chi connectivity index (χ4v) is 5.66. The maximum Gasteiger partial charge on any atom is 0.320 e. The van der Waals surface area contributed by atoms with E-state index in [0.29, 0.717) is 49.8 Å². The predicted molar refractivity (Wildman–Crippen MR) is 109 cm³/mol. The topological polar surface area (TPSA) is 85.0 Å². The second-order valence-corrected chi connectivity index (χ2v) is 9.22. The summed E-state index contributed by atoms with van der Waals surface area (Å²) < 4.78 is 0. The first-order chi connectivity index (χ1) is 14.0. The highest BCUT2D eigenvalue weighted by Gasteiger charge is 2.45. The molecule has 4 fully saturated rings. The molecule has 0 aliphatic carbocycles. The van der Waals surface area contributed by atoms with E-state index in [1.54, 1.807) is 0 Å². The number of fused-ring (bicyclic) bond motifs is 4. The van der Waals surface area contributed by atoms with Gasteiger partial charge in [0.1, 0.15) is 0 Å². The Balaban J connectivity index is 1.28. The van der Waals surface area contributed by atoms with Gasteiger partial charge in [-0.1, -0.05) is 6.92 Å². The summed E-state index contributed by atoms with van der Waals surface area (Å²) in [6, 6.07) is 0.509. The molecule has 8 nitrogen and oxygen atoms in total. The lowest BCUT2D eigenvalue weighted by Gasteiger charge is -2.53. The standard InChI is InChI=1S/C21H35N5O3/c1-2-8-22-20(28)23-17-6-9-24(10-7-17)21(29)25-12-15-11-16(14-25)18-4-3-5-19(27)26(18)13-15/h15-18H,2-14H2,1H3,(H2,22,23,28)/t15?,16?,18-/m1/s1. The molecule has 0 aromatic carbocycles. The van der Waals surface area contributed by atoms with Gasteiger partial charge in [-0.3, -0.25) is 4.79 Å². The molecular weight excluding hydrogens is 370 g/mol. The van der Waals surface area contributed by atoms with Crippen molar-refractivity contribution in [3.63, 3.8) is 0 Å². The van der Waals surface area contributed by atoms with E-state index in [1.165, 1.54) is 0 Å². The Morgan fingerprint density at radius 1 is 1.07 bits per heavy atom. The summed E-state index contributed by atoms with van der Waals surface area (Å²) in [5, 5.41) is 5.87. The van der Waals surface area contributed by atoms with Gasteiger partial charge < -0.3 is 25.3 Å². The molecule has 4 rings (SSSR count). The maximum absolute atomic E-state index is 13.2. The van der Waals surface area contributed by atoms with Crippen molar-refractivity contribution in [2.24, 2.45) is 11.8 Å². The second-order valence-electron chi connectivity index (χ2n) is 9.22. The van der Waals surface area contributed by atoms with Crippen molar-refractivity contribution in [3.05, 3.63) is 0 Å². The average Bonchev–Trinajstić information content (AvgIpc) is 2.73. The molecule has 0 aromatic rings. The van der Waals surface area contributed by atoms with Crippen molar-refractivity contribution in [1.29, 1.82) is 0 Å². The van der Waals surface area contributed by atoms with Crippen LogP contribution in [0.1, 0.15) is 51.9 Å². The Morgan fingerprint density at radius 2 is 1.86 bits per heavy atom. The summed E-state index contributed by atoms with van der Waals surface area (Å²) in [6.07, 6.45) is 6.44. The molecular formula is C21H35N5O3. The van der Waals surface area contributed by atoms with Gasteiger partial charge in [0, 0.05) is 57.8 Å². The van der Waals surface area contributed by atoms with Gasteiger partial charge in [-0.15, -0.1) is 0 Å². The zero-order chi connectivity index (χ0) is 20.4. The molecule has 162 valence electrons. The minimum Gasteiger partial charge on any atom is -0.339 e. The number of urea groups is 2. The van der Waals surface area contributed by atoms with E-state index >= 15 is 0 Å². The number of likely N-dealkylation sites (tertiary alicyclic amines) is 2. The van der Waals surface area contributed by atoms with Crippen LogP contribution in [0.3, 0.4) is 0 Å². The van der Waals surface area contributed by atoms with Gasteiger partial charge in [0.25, 0.3) is 0 Å². The van der Waals surface area contributed by atoms with Crippen LogP contribution in [0.2, 0.25) is 0 Å². The molecule has 3 atom stereocenters. The van der Waals surface area contributed by atoms with Crippen LogP contribution >= 0.6 is 0 Å². The van der Waals surface area contributed by atoms with E-state index in [1.807, 2.05) is 16.7 Å². The van der Waals surface area contributed by atoms with Crippen LogP contribution in [-0.4, -0.2) is 84.0 Å². The van der Waals surface area contributed by atoms with Crippen molar-refractivity contribution in [1.82, 2.24) is 25.3 Å². The van der Waals surface area contributed by atoms with Crippen molar-refractivity contribution in [3.8, 4) is 0 Å².